The highest BCUT2D eigenvalue weighted by molar-refractivity contribution is 6.35. The summed E-state index contributed by atoms with van der Waals surface area (Å²) in [6.45, 7) is 0. The first-order valence-electron chi connectivity index (χ1n) is 5.45. The minimum absolute atomic E-state index is 0.0268. The normalized spacial score (nSPS) is 12.7. The van der Waals surface area contributed by atoms with Crippen molar-refractivity contribution in [1.82, 2.24) is 25.5 Å². The van der Waals surface area contributed by atoms with Crippen molar-refractivity contribution in [2.24, 2.45) is 7.05 Å². The number of hydrogen-bond donors (Lipinski definition) is 1. The third-order valence-electron chi connectivity index (χ3n) is 2.62. The van der Waals surface area contributed by atoms with E-state index in [9.17, 15) is 0 Å². The number of aromatic nitrogens is 4. The van der Waals surface area contributed by atoms with E-state index in [1.807, 2.05) is 19.2 Å². The number of rotatable bonds is 4. The van der Waals surface area contributed by atoms with Crippen LogP contribution in [-0.2, 0) is 13.5 Å². The molecule has 1 aromatic heterocycles. The molecule has 0 radical (unpaired) electrons. The molecule has 7 heteroatoms. The van der Waals surface area contributed by atoms with Crippen LogP contribution in [0.2, 0.25) is 10.0 Å². The Bertz CT molecular complexity index is 540. The number of aryl methyl sites for hydroxylation is 1. The van der Waals surface area contributed by atoms with Gasteiger partial charge in [0.1, 0.15) is 0 Å². The van der Waals surface area contributed by atoms with Gasteiger partial charge in [-0.3, -0.25) is 0 Å². The van der Waals surface area contributed by atoms with Gasteiger partial charge in [-0.15, -0.1) is 10.2 Å². The molecule has 0 spiro atoms. The predicted octanol–water partition coefficient (Wildman–Crippen LogP) is 2.02. The zero-order valence-corrected chi connectivity index (χ0v) is 11.6. The Balaban J connectivity index is 2.22. The molecule has 0 amide bonds. The lowest BCUT2D eigenvalue weighted by Crippen LogP contribution is -2.20. The van der Waals surface area contributed by atoms with Gasteiger partial charge in [0.2, 0.25) is 0 Å². The fourth-order valence-corrected chi connectivity index (χ4v) is 2.28. The van der Waals surface area contributed by atoms with Crippen molar-refractivity contribution in [3.8, 4) is 0 Å². The Hall–Kier alpha value is -1.17. The smallest absolute Gasteiger partial charge is 0.176 e. The molecule has 0 saturated carbocycles. The number of hydrogen-bond acceptors (Lipinski definition) is 4. The Morgan fingerprint density at radius 2 is 2.17 bits per heavy atom. The summed E-state index contributed by atoms with van der Waals surface area (Å²) >= 11 is 12.1. The number of halogens is 2. The van der Waals surface area contributed by atoms with Gasteiger partial charge in [-0.2, -0.15) is 4.80 Å². The van der Waals surface area contributed by atoms with Gasteiger partial charge in [0.25, 0.3) is 0 Å². The predicted molar refractivity (Wildman–Crippen MR) is 70.8 cm³/mol. The fraction of sp³-hybridized carbons (Fsp3) is 0.364. The molecule has 96 valence electrons. The molecule has 1 aromatic carbocycles. The molecule has 1 heterocycles. The molecule has 5 nitrogen and oxygen atoms in total. The molecule has 1 unspecified atom stereocenters. The van der Waals surface area contributed by atoms with E-state index in [0.717, 1.165) is 5.56 Å². The Morgan fingerprint density at radius 3 is 2.72 bits per heavy atom. The maximum atomic E-state index is 6.19. The molecule has 1 N–H and O–H groups in total. The van der Waals surface area contributed by atoms with Crippen LogP contribution in [0.25, 0.3) is 0 Å². The first-order valence-corrected chi connectivity index (χ1v) is 6.21. The number of benzene rings is 1. The second-order valence-corrected chi connectivity index (χ2v) is 4.75. The number of tetrazole rings is 1. The summed E-state index contributed by atoms with van der Waals surface area (Å²) in [6, 6.07) is 5.48. The molecule has 18 heavy (non-hydrogen) atoms. The van der Waals surface area contributed by atoms with Gasteiger partial charge in [0.15, 0.2) is 5.82 Å². The van der Waals surface area contributed by atoms with Crippen molar-refractivity contribution in [2.45, 2.75) is 12.5 Å². The van der Waals surface area contributed by atoms with Gasteiger partial charge >= 0.3 is 0 Å². The lowest BCUT2D eigenvalue weighted by atomic mass is 10.0. The second-order valence-electron chi connectivity index (χ2n) is 3.91. The van der Waals surface area contributed by atoms with E-state index in [0.29, 0.717) is 22.3 Å². The zero-order valence-electron chi connectivity index (χ0n) is 10.1. The summed E-state index contributed by atoms with van der Waals surface area (Å²) in [5.41, 5.74) is 0.969. The van der Waals surface area contributed by atoms with E-state index < -0.39 is 0 Å². The van der Waals surface area contributed by atoms with Crippen LogP contribution in [0.4, 0.5) is 0 Å². The largest absolute Gasteiger partial charge is 0.313 e. The lowest BCUT2D eigenvalue weighted by Gasteiger charge is -2.16. The van der Waals surface area contributed by atoms with Crippen LogP contribution < -0.4 is 5.32 Å². The van der Waals surface area contributed by atoms with Crippen LogP contribution in [0.15, 0.2) is 18.2 Å². The molecule has 0 fully saturated rings. The van der Waals surface area contributed by atoms with Gasteiger partial charge < -0.3 is 5.32 Å². The highest BCUT2D eigenvalue weighted by Crippen LogP contribution is 2.27. The summed E-state index contributed by atoms with van der Waals surface area (Å²) in [4.78, 5) is 1.44. The van der Waals surface area contributed by atoms with Crippen LogP contribution in [0.1, 0.15) is 17.4 Å². The second kappa shape index (κ2) is 5.65. The summed E-state index contributed by atoms with van der Waals surface area (Å²) < 4.78 is 0. The molecule has 0 aliphatic rings. The summed E-state index contributed by atoms with van der Waals surface area (Å²) in [5.74, 6) is 0.669. The molecule has 2 rings (SSSR count). The van der Waals surface area contributed by atoms with Crippen molar-refractivity contribution in [2.75, 3.05) is 7.05 Å². The zero-order chi connectivity index (χ0) is 13.1. The molecular weight excluding hydrogens is 273 g/mol. The van der Waals surface area contributed by atoms with Gasteiger partial charge in [0, 0.05) is 22.5 Å². The van der Waals surface area contributed by atoms with Crippen molar-refractivity contribution < 1.29 is 0 Å². The van der Waals surface area contributed by atoms with E-state index in [-0.39, 0.29) is 6.04 Å². The van der Waals surface area contributed by atoms with E-state index >= 15 is 0 Å². The van der Waals surface area contributed by atoms with E-state index in [4.69, 9.17) is 23.2 Å². The fourth-order valence-electron chi connectivity index (χ4n) is 1.74. The molecule has 0 saturated heterocycles. The van der Waals surface area contributed by atoms with Crippen LogP contribution in [0.3, 0.4) is 0 Å². The van der Waals surface area contributed by atoms with Gasteiger partial charge in [0.05, 0.1) is 7.05 Å². The monoisotopic (exact) mass is 285 g/mol. The minimum atomic E-state index is 0.0268. The quantitative estimate of drug-likeness (QED) is 0.934. The molecule has 1 atom stereocenters. The van der Waals surface area contributed by atoms with Crippen molar-refractivity contribution in [3.63, 3.8) is 0 Å². The van der Waals surface area contributed by atoms with Crippen LogP contribution in [-0.4, -0.2) is 27.3 Å². The Kier molecular flexibility index (Phi) is 4.16. The molecule has 0 aliphatic carbocycles. The molecule has 2 aromatic rings. The standard InChI is InChI=1S/C11H13Cl2N5/c1-14-10(6-11-15-17-18(2)16-11)8-4-3-7(12)5-9(8)13/h3-5,10,14H,6H2,1-2H3. The van der Waals surface area contributed by atoms with Crippen molar-refractivity contribution >= 4 is 23.2 Å². The van der Waals surface area contributed by atoms with Crippen LogP contribution >= 0.6 is 23.2 Å². The van der Waals surface area contributed by atoms with Crippen LogP contribution in [0, 0.1) is 0 Å². The molecule has 0 aliphatic heterocycles. The first kappa shape index (κ1) is 13.3. The average Bonchev–Trinajstić information content (AvgIpc) is 2.72. The Labute approximate surface area is 115 Å². The lowest BCUT2D eigenvalue weighted by molar-refractivity contribution is 0.570. The average molecular weight is 286 g/mol. The van der Waals surface area contributed by atoms with Crippen LogP contribution in [0.5, 0.6) is 0 Å². The summed E-state index contributed by atoms with van der Waals surface area (Å²) in [7, 11) is 3.60. The topological polar surface area (TPSA) is 55.6 Å². The number of nitrogens with one attached hydrogen (secondary N) is 1. The van der Waals surface area contributed by atoms with E-state index in [1.54, 1.807) is 13.1 Å². The maximum absolute atomic E-state index is 6.19. The third-order valence-corrected chi connectivity index (χ3v) is 3.19. The highest BCUT2D eigenvalue weighted by Gasteiger charge is 2.16. The Morgan fingerprint density at radius 1 is 1.39 bits per heavy atom. The first-order chi connectivity index (χ1) is 8.60. The minimum Gasteiger partial charge on any atom is -0.313 e. The summed E-state index contributed by atoms with van der Waals surface area (Å²) in [6.07, 6.45) is 0.617. The maximum Gasteiger partial charge on any atom is 0.176 e. The SMILES string of the molecule is CNC(Cc1nnn(C)n1)c1ccc(Cl)cc1Cl. The van der Waals surface area contributed by atoms with Gasteiger partial charge in [-0.1, -0.05) is 29.3 Å². The van der Waals surface area contributed by atoms with E-state index in [2.05, 4.69) is 20.7 Å². The van der Waals surface area contributed by atoms with Gasteiger partial charge in [-0.05, 0) is 30.0 Å². The molecular formula is C11H13Cl2N5. The number of likely N-dealkylation sites (N-methyl/N-ethyl adjacent to an activating group) is 1. The van der Waals surface area contributed by atoms with Crippen molar-refractivity contribution in [3.05, 3.63) is 39.6 Å². The van der Waals surface area contributed by atoms with Crippen molar-refractivity contribution in [1.29, 1.82) is 0 Å². The van der Waals surface area contributed by atoms with Gasteiger partial charge in [-0.25, -0.2) is 0 Å². The molecule has 0 bridgehead atoms. The highest BCUT2D eigenvalue weighted by atomic mass is 35.5. The third kappa shape index (κ3) is 2.98. The van der Waals surface area contributed by atoms with E-state index in [1.165, 1.54) is 4.80 Å². The number of nitrogens with zero attached hydrogens (tertiary/aromatic N) is 4. The summed E-state index contributed by atoms with van der Waals surface area (Å²) in [5, 5.41) is 16.4.